The first-order chi connectivity index (χ1) is 12.7. The van der Waals surface area contributed by atoms with E-state index in [1.165, 1.54) is 0 Å². The second-order valence-corrected chi connectivity index (χ2v) is 8.81. The van der Waals surface area contributed by atoms with E-state index in [1.54, 1.807) is 12.4 Å². The van der Waals surface area contributed by atoms with Gasteiger partial charge in [0.2, 0.25) is 5.06 Å². The van der Waals surface area contributed by atoms with Crippen molar-refractivity contribution in [2.24, 2.45) is 4.99 Å². The van der Waals surface area contributed by atoms with Crippen LogP contribution in [0.1, 0.15) is 43.5 Å². The van der Waals surface area contributed by atoms with Crippen molar-refractivity contribution in [3.05, 3.63) is 34.0 Å². The fourth-order valence-corrected chi connectivity index (χ4v) is 3.62. The molecule has 5 nitrogen and oxygen atoms in total. The summed E-state index contributed by atoms with van der Waals surface area (Å²) in [4.78, 5) is 5.94. The topological polar surface area (TPSA) is 61.5 Å². The van der Waals surface area contributed by atoms with Crippen LogP contribution < -0.4 is 4.74 Å². The fourth-order valence-electron chi connectivity index (χ4n) is 2.34. The molecule has 8 heteroatoms. The predicted octanol–water partition coefficient (Wildman–Crippen LogP) is 6.00. The summed E-state index contributed by atoms with van der Waals surface area (Å²) in [5.74, 6) is 0.572. The van der Waals surface area contributed by atoms with Gasteiger partial charge in [0.05, 0.1) is 27.6 Å². The van der Waals surface area contributed by atoms with Crippen LogP contribution in [0.25, 0.3) is 0 Å². The van der Waals surface area contributed by atoms with Gasteiger partial charge >= 0.3 is 0 Å². The highest BCUT2D eigenvalue weighted by Gasteiger charge is 2.47. The molecule has 0 unspecified atom stereocenters. The van der Waals surface area contributed by atoms with E-state index < -0.39 is 4.87 Å². The van der Waals surface area contributed by atoms with Crippen molar-refractivity contribution >= 4 is 46.8 Å². The Morgan fingerprint density at radius 3 is 2.74 bits per heavy atom. The zero-order chi connectivity index (χ0) is 19.8. The molecule has 1 aliphatic rings. The Balaban J connectivity index is 1.86. The summed E-state index contributed by atoms with van der Waals surface area (Å²) in [6.45, 7) is 6.08. The summed E-state index contributed by atoms with van der Waals surface area (Å²) in [5.41, 5.74) is 2.55. The van der Waals surface area contributed by atoms with Gasteiger partial charge in [-0.1, -0.05) is 11.6 Å². The maximum Gasteiger partial charge on any atom is 0.218 e. The van der Waals surface area contributed by atoms with E-state index in [0.717, 1.165) is 29.9 Å². The number of nitriles is 1. The Morgan fingerprint density at radius 2 is 2.15 bits per heavy atom. The van der Waals surface area contributed by atoms with Crippen molar-refractivity contribution in [2.75, 3.05) is 7.05 Å². The Kier molecular flexibility index (Phi) is 5.66. The predicted molar refractivity (Wildman–Crippen MR) is 111 cm³/mol. The van der Waals surface area contributed by atoms with Gasteiger partial charge in [0.1, 0.15) is 17.4 Å². The number of alkyl halides is 1. The molecule has 1 saturated carbocycles. The lowest BCUT2D eigenvalue weighted by Crippen LogP contribution is -2.24. The molecular formula is C19H20Cl2N4OS. The van der Waals surface area contributed by atoms with E-state index in [2.05, 4.69) is 29.3 Å². The SMILES string of the molecule is Cc1cc(N=CN(C)C(C)C)c(Cl)cc1Oc1snc(C2(Cl)CC2)c1C#N. The second kappa shape index (κ2) is 7.67. The third kappa shape index (κ3) is 4.21. The smallest absolute Gasteiger partial charge is 0.218 e. The molecule has 142 valence electrons. The van der Waals surface area contributed by atoms with E-state index in [-0.39, 0.29) is 0 Å². The largest absolute Gasteiger partial charge is 0.443 e. The van der Waals surface area contributed by atoms with Crippen LogP contribution in [0.5, 0.6) is 10.8 Å². The van der Waals surface area contributed by atoms with Crippen LogP contribution in [0.4, 0.5) is 5.69 Å². The molecule has 0 amide bonds. The lowest BCUT2D eigenvalue weighted by atomic mass is 10.2. The van der Waals surface area contributed by atoms with E-state index >= 15 is 0 Å². The molecule has 0 aliphatic heterocycles. The first kappa shape index (κ1) is 19.9. The minimum absolute atomic E-state index is 0.345. The third-order valence-electron chi connectivity index (χ3n) is 4.53. The highest BCUT2D eigenvalue weighted by Crippen LogP contribution is 2.54. The van der Waals surface area contributed by atoms with Gasteiger partial charge in [-0.2, -0.15) is 9.64 Å². The van der Waals surface area contributed by atoms with Gasteiger partial charge in [-0.25, -0.2) is 4.99 Å². The summed E-state index contributed by atoms with van der Waals surface area (Å²) < 4.78 is 10.3. The molecule has 1 heterocycles. The quantitative estimate of drug-likeness (QED) is 0.325. The number of benzene rings is 1. The minimum Gasteiger partial charge on any atom is -0.443 e. The zero-order valence-corrected chi connectivity index (χ0v) is 17.9. The van der Waals surface area contributed by atoms with E-state index in [1.807, 2.05) is 24.9 Å². The molecule has 27 heavy (non-hydrogen) atoms. The summed E-state index contributed by atoms with van der Waals surface area (Å²) in [6, 6.07) is 6.10. The standard InChI is InChI=1S/C19H20Cl2N4OS/c1-11(2)25(4)10-23-15-7-12(3)16(8-14(15)20)26-18-13(9-22)17(24-27-18)19(21)5-6-19/h7-8,10-11H,5-6H2,1-4H3. The first-order valence-electron chi connectivity index (χ1n) is 8.58. The van der Waals surface area contributed by atoms with Gasteiger partial charge < -0.3 is 9.64 Å². The van der Waals surface area contributed by atoms with Crippen LogP contribution in [0, 0.1) is 18.3 Å². The first-order valence-corrected chi connectivity index (χ1v) is 10.1. The number of halogens is 2. The van der Waals surface area contributed by atoms with Crippen LogP contribution in [0.15, 0.2) is 17.1 Å². The van der Waals surface area contributed by atoms with Crippen LogP contribution >= 0.6 is 34.7 Å². The van der Waals surface area contributed by atoms with Crippen molar-refractivity contribution in [2.45, 2.75) is 44.5 Å². The number of aromatic nitrogens is 1. The van der Waals surface area contributed by atoms with Gasteiger partial charge in [-0.3, -0.25) is 0 Å². The van der Waals surface area contributed by atoms with Gasteiger partial charge in [0.25, 0.3) is 0 Å². The van der Waals surface area contributed by atoms with Gasteiger partial charge in [0, 0.05) is 30.7 Å². The summed E-state index contributed by atoms with van der Waals surface area (Å²) >= 11 is 13.9. The van der Waals surface area contributed by atoms with Gasteiger partial charge in [-0.15, -0.1) is 11.6 Å². The van der Waals surface area contributed by atoms with Gasteiger partial charge in [-0.05, 0) is 45.2 Å². The lowest BCUT2D eigenvalue weighted by molar-refractivity contribution is 0.429. The molecule has 3 rings (SSSR count). The molecule has 1 aromatic carbocycles. The number of nitrogens with zero attached hydrogens (tertiary/aromatic N) is 4. The Hall–Kier alpha value is -1.81. The number of aryl methyl sites for hydroxylation is 1. The van der Waals surface area contributed by atoms with E-state index in [9.17, 15) is 5.26 Å². The third-order valence-corrected chi connectivity index (χ3v) is 6.11. The molecule has 2 aromatic rings. The number of ether oxygens (including phenoxy) is 1. The van der Waals surface area contributed by atoms with Crippen molar-refractivity contribution in [1.29, 1.82) is 5.26 Å². The molecule has 1 aromatic heterocycles. The Labute approximate surface area is 173 Å². The summed E-state index contributed by atoms with van der Waals surface area (Å²) in [6.07, 6.45) is 3.41. The van der Waals surface area contributed by atoms with Gasteiger partial charge in [0.15, 0.2) is 0 Å². The molecule has 1 fully saturated rings. The average molecular weight is 423 g/mol. The van der Waals surface area contributed by atoms with Crippen molar-refractivity contribution in [3.63, 3.8) is 0 Å². The maximum absolute atomic E-state index is 9.52. The van der Waals surface area contributed by atoms with Crippen molar-refractivity contribution < 1.29 is 4.74 Å². The summed E-state index contributed by atoms with van der Waals surface area (Å²) in [5, 5.41) is 10.4. The summed E-state index contributed by atoms with van der Waals surface area (Å²) in [7, 11) is 1.96. The molecule has 0 radical (unpaired) electrons. The highest BCUT2D eigenvalue weighted by molar-refractivity contribution is 7.08. The molecule has 0 atom stereocenters. The average Bonchev–Trinajstić information content (AvgIpc) is 3.23. The minimum atomic E-state index is -0.503. The Morgan fingerprint density at radius 1 is 1.44 bits per heavy atom. The van der Waals surface area contributed by atoms with Crippen LogP contribution in [-0.2, 0) is 4.87 Å². The van der Waals surface area contributed by atoms with E-state index in [0.29, 0.717) is 38.8 Å². The molecule has 0 saturated heterocycles. The lowest BCUT2D eigenvalue weighted by Gasteiger charge is -2.17. The van der Waals surface area contributed by atoms with Crippen molar-refractivity contribution in [1.82, 2.24) is 9.27 Å². The molecule has 0 spiro atoms. The molecule has 0 bridgehead atoms. The number of aliphatic imine (C=N–C) groups is 1. The van der Waals surface area contributed by atoms with Crippen LogP contribution in [0.2, 0.25) is 5.02 Å². The van der Waals surface area contributed by atoms with Crippen LogP contribution in [-0.4, -0.2) is 28.7 Å². The molecule has 1 aliphatic carbocycles. The van der Waals surface area contributed by atoms with E-state index in [4.69, 9.17) is 27.9 Å². The van der Waals surface area contributed by atoms with Crippen molar-refractivity contribution in [3.8, 4) is 16.9 Å². The Bertz CT molecular complexity index is 929. The normalized spacial score (nSPS) is 15.2. The zero-order valence-electron chi connectivity index (χ0n) is 15.6. The number of hydrogen-bond acceptors (Lipinski definition) is 5. The van der Waals surface area contributed by atoms with Crippen LogP contribution in [0.3, 0.4) is 0 Å². The number of rotatable bonds is 6. The fraction of sp³-hybridized carbons (Fsp3) is 0.421. The molecular weight excluding hydrogens is 403 g/mol. The number of hydrogen-bond donors (Lipinski definition) is 0. The monoisotopic (exact) mass is 422 g/mol. The second-order valence-electron chi connectivity index (χ2n) is 6.95. The molecule has 0 N–H and O–H groups in total. The maximum atomic E-state index is 9.52. The highest BCUT2D eigenvalue weighted by atomic mass is 35.5.